The van der Waals surface area contributed by atoms with Gasteiger partial charge in [-0.15, -0.1) is 13.2 Å². The molecule has 2 aromatic carbocycles. The van der Waals surface area contributed by atoms with Crippen molar-refractivity contribution in [2.45, 2.75) is 58.9 Å². The molecule has 3 rings (SSSR count). The molecule has 1 heterocycles. The average molecular weight is 492 g/mol. The van der Waals surface area contributed by atoms with E-state index < -0.39 is 12.1 Å². The number of unbranched alkanes of at least 4 members (excludes halogenated alkanes) is 2. The van der Waals surface area contributed by atoms with Crippen molar-refractivity contribution in [1.82, 2.24) is 5.01 Å². The van der Waals surface area contributed by atoms with Gasteiger partial charge in [0.05, 0.1) is 19.4 Å². The first-order valence-corrected chi connectivity index (χ1v) is 11.9. The van der Waals surface area contributed by atoms with E-state index in [1.54, 1.807) is 0 Å². The molecule has 0 fully saturated rings. The first-order chi connectivity index (χ1) is 16.7. The first kappa shape index (κ1) is 26.4. The quantitative estimate of drug-likeness (QED) is 0.372. The second kappa shape index (κ2) is 12.0. The molecule has 0 saturated heterocycles. The van der Waals surface area contributed by atoms with Crippen LogP contribution >= 0.6 is 0 Å². The van der Waals surface area contributed by atoms with Crippen LogP contribution in [0.5, 0.6) is 11.5 Å². The van der Waals surface area contributed by atoms with Crippen molar-refractivity contribution < 1.29 is 27.4 Å². The second-order valence-electron chi connectivity index (χ2n) is 8.49. The maximum atomic E-state index is 12.8. The SMILES string of the molecule is CCCCCNc1ccc(CN2N=C(c3ccc(OC(F)(F)F)c(OC)c3)C(CC)CC2=O)cc1. The normalized spacial score (nSPS) is 16.2. The fourth-order valence-corrected chi connectivity index (χ4v) is 3.98. The Bertz CT molecular complexity index is 1020. The largest absolute Gasteiger partial charge is 0.573 e. The fourth-order valence-electron chi connectivity index (χ4n) is 3.98. The van der Waals surface area contributed by atoms with Crippen molar-refractivity contribution in [3.8, 4) is 11.5 Å². The summed E-state index contributed by atoms with van der Waals surface area (Å²) >= 11 is 0. The monoisotopic (exact) mass is 491 g/mol. The minimum absolute atomic E-state index is 0.0529. The molecule has 6 nitrogen and oxygen atoms in total. The zero-order valence-electron chi connectivity index (χ0n) is 20.3. The van der Waals surface area contributed by atoms with Crippen molar-refractivity contribution in [3.05, 3.63) is 53.6 Å². The molecule has 0 aliphatic carbocycles. The van der Waals surface area contributed by atoms with Gasteiger partial charge in [-0.3, -0.25) is 4.79 Å². The van der Waals surface area contributed by atoms with E-state index in [0.29, 0.717) is 24.2 Å². The molecule has 1 N–H and O–H groups in total. The fraction of sp³-hybridized carbons (Fsp3) is 0.462. The summed E-state index contributed by atoms with van der Waals surface area (Å²) < 4.78 is 47.3. The number of halogens is 3. The maximum absolute atomic E-state index is 12.8. The summed E-state index contributed by atoms with van der Waals surface area (Å²) in [5, 5.41) is 9.44. The van der Waals surface area contributed by atoms with E-state index in [1.807, 2.05) is 31.2 Å². The standard InChI is InChI=1S/C26H32F3N3O3/c1-4-6-7-14-30-21-11-8-18(9-12-21)17-32-24(33)16-19(5-2)25(31-32)20-10-13-22(23(15-20)34-3)35-26(27,28)29/h8-13,15,19,30H,4-7,14,16-17H2,1-3H3. The Morgan fingerprint density at radius 3 is 2.46 bits per heavy atom. The lowest BCUT2D eigenvalue weighted by Crippen LogP contribution is -2.36. The molecule has 1 aliphatic heterocycles. The average Bonchev–Trinajstić information content (AvgIpc) is 2.83. The van der Waals surface area contributed by atoms with Gasteiger partial charge in [0, 0.05) is 30.1 Å². The summed E-state index contributed by atoms with van der Waals surface area (Å²) in [4.78, 5) is 12.8. The van der Waals surface area contributed by atoms with Gasteiger partial charge in [-0.25, -0.2) is 5.01 Å². The highest BCUT2D eigenvalue weighted by atomic mass is 19.4. The van der Waals surface area contributed by atoms with E-state index in [2.05, 4.69) is 22.1 Å². The molecule has 1 unspecified atom stereocenters. The van der Waals surface area contributed by atoms with E-state index in [1.165, 1.54) is 43.2 Å². The van der Waals surface area contributed by atoms with Crippen molar-refractivity contribution in [2.75, 3.05) is 19.0 Å². The number of carbonyl (C=O) groups excluding carboxylic acids is 1. The summed E-state index contributed by atoms with van der Waals surface area (Å²) in [5.41, 5.74) is 3.19. The van der Waals surface area contributed by atoms with Gasteiger partial charge < -0.3 is 14.8 Å². The van der Waals surface area contributed by atoms with Gasteiger partial charge >= 0.3 is 6.36 Å². The highest BCUT2D eigenvalue weighted by Gasteiger charge is 2.33. The minimum atomic E-state index is -4.83. The summed E-state index contributed by atoms with van der Waals surface area (Å²) in [6, 6.07) is 12.1. The number of hydrogen-bond acceptors (Lipinski definition) is 5. The van der Waals surface area contributed by atoms with Gasteiger partial charge in [-0.1, -0.05) is 38.8 Å². The molecule has 190 valence electrons. The van der Waals surface area contributed by atoms with E-state index >= 15 is 0 Å². The predicted octanol–water partition coefficient (Wildman–Crippen LogP) is 6.36. The van der Waals surface area contributed by atoms with Crippen LogP contribution in [0.25, 0.3) is 0 Å². The number of methoxy groups -OCH3 is 1. The molecule has 35 heavy (non-hydrogen) atoms. The lowest BCUT2D eigenvalue weighted by Gasteiger charge is -2.29. The van der Waals surface area contributed by atoms with Crippen LogP contribution in [0, 0.1) is 5.92 Å². The van der Waals surface area contributed by atoms with Crippen molar-refractivity contribution in [1.29, 1.82) is 0 Å². The topological polar surface area (TPSA) is 63.2 Å². The van der Waals surface area contributed by atoms with E-state index in [9.17, 15) is 18.0 Å². The Morgan fingerprint density at radius 2 is 1.83 bits per heavy atom. The van der Waals surface area contributed by atoms with Crippen LogP contribution in [-0.2, 0) is 11.3 Å². The van der Waals surface area contributed by atoms with Gasteiger partial charge in [0.1, 0.15) is 0 Å². The zero-order valence-corrected chi connectivity index (χ0v) is 20.3. The third kappa shape index (κ3) is 7.37. The summed E-state index contributed by atoms with van der Waals surface area (Å²) in [6.07, 6.45) is -0.414. The number of hydrogen-bond donors (Lipinski definition) is 1. The maximum Gasteiger partial charge on any atom is 0.573 e. The molecule has 0 radical (unpaired) electrons. The Labute approximate surface area is 204 Å². The Balaban J connectivity index is 1.79. The smallest absolute Gasteiger partial charge is 0.493 e. The van der Waals surface area contributed by atoms with Crippen molar-refractivity contribution >= 4 is 17.3 Å². The number of nitrogens with one attached hydrogen (secondary N) is 1. The summed E-state index contributed by atoms with van der Waals surface area (Å²) in [6.45, 7) is 5.34. The Hall–Kier alpha value is -3.23. The molecule has 0 spiro atoms. The summed E-state index contributed by atoms with van der Waals surface area (Å²) in [7, 11) is 1.28. The number of hydrazone groups is 1. The molecule has 9 heteroatoms. The Kier molecular flexibility index (Phi) is 9.01. The van der Waals surface area contributed by atoms with Crippen LogP contribution in [0.3, 0.4) is 0 Å². The Morgan fingerprint density at radius 1 is 1.09 bits per heavy atom. The minimum Gasteiger partial charge on any atom is -0.493 e. The number of carbonyl (C=O) groups is 1. The van der Waals surface area contributed by atoms with E-state index in [-0.39, 0.29) is 24.0 Å². The van der Waals surface area contributed by atoms with Crippen LogP contribution in [0.4, 0.5) is 18.9 Å². The molecular weight excluding hydrogens is 459 g/mol. The third-order valence-electron chi connectivity index (χ3n) is 5.90. The molecule has 0 saturated carbocycles. The van der Waals surface area contributed by atoms with Gasteiger partial charge in [-0.05, 0) is 48.7 Å². The van der Waals surface area contributed by atoms with Gasteiger partial charge in [0.15, 0.2) is 11.5 Å². The number of alkyl halides is 3. The number of anilines is 1. The van der Waals surface area contributed by atoms with Crippen molar-refractivity contribution in [2.24, 2.45) is 11.0 Å². The van der Waals surface area contributed by atoms with Crippen LogP contribution < -0.4 is 14.8 Å². The number of benzene rings is 2. The lowest BCUT2D eigenvalue weighted by atomic mass is 9.89. The van der Waals surface area contributed by atoms with E-state index in [0.717, 1.165) is 24.2 Å². The first-order valence-electron chi connectivity index (χ1n) is 11.9. The molecule has 1 amide bonds. The second-order valence-corrected chi connectivity index (χ2v) is 8.49. The molecule has 1 aliphatic rings. The van der Waals surface area contributed by atoms with Crippen molar-refractivity contribution in [3.63, 3.8) is 0 Å². The summed E-state index contributed by atoms with van der Waals surface area (Å²) in [5.74, 6) is -0.716. The molecule has 1 atom stereocenters. The molecule has 2 aromatic rings. The number of ether oxygens (including phenoxy) is 2. The third-order valence-corrected chi connectivity index (χ3v) is 5.90. The van der Waals surface area contributed by atoms with Gasteiger partial charge in [-0.2, -0.15) is 5.10 Å². The van der Waals surface area contributed by atoms with Gasteiger partial charge in [0.25, 0.3) is 0 Å². The number of nitrogens with zero attached hydrogens (tertiary/aromatic N) is 2. The van der Waals surface area contributed by atoms with Gasteiger partial charge in [0.2, 0.25) is 5.91 Å². The van der Waals surface area contributed by atoms with Crippen LogP contribution in [0.1, 0.15) is 57.1 Å². The molecule has 0 aromatic heterocycles. The highest BCUT2D eigenvalue weighted by Crippen LogP contribution is 2.35. The number of rotatable bonds is 11. The zero-order chi connectivity index (χ0) is 25.4. The lowest BCUT2D eigenvalue weighted by molar-refractivity contribution is -0.275. The number of amides is 1. The van der Waals surface area contributed by atoms with Crippen LogP contribution in [0.2, 0.25) is 0 Å². The molecule has 0 bridgehead atoms. The van der Waals surface area contributed by atoms with E-state index in [4.69, 9.17) is 4.74 Å². The highest BCUT2D eigenvalue weighted by molar-refractivity contribution is 6.06. The van der Waals surface area contributed by atoms with Crippen LogP contribution in [0.15, 0.2) is 47.6 Å². The molecular formula is C26H32F3N3O3. The predicted molar refractivity (Wildman–Crippen MR) is 130 cm³/mol. The van der Waals surface area contributed by atoms with Crippen LogP contribution in [-0.4, -0.2) is 36.6 Å².